The molecule has 1 aliphatic rings. The van der Waals surface area contributed by atoms with E-state index in [1.165, 1.54) is 0 Å². The topological polar surface area (TPSA) is 82.8 Å². The molecule has 30 heavy (non-hydrogen) atoms. The van der Waals surface area contributed by atoms with Gasteiger partial charge in [0.1, 0.15) is 19.0 Å². The highest BCUT2D eigenvalue weighted by atomic mass is 35.5. The van der Waals surface area contributed by atoms with E-state index in [1.54, 1.807) is 18.2 Å². The van der Waals surface area contributed by atoms with Gasteiger partial charge in [0.2, 0.25) is 0 Å². The lowest BCUT2D eigenvalue weighted by Crippen LogP contribution is -2.39. The van der Waals surface area contributed by atoms with Gasteiger partial charge in [0.15, 0.2) is 11.5 Å². The fraction of sp³-hybridized carbons (Fsp3) is 0.435. The lowest BCUT2D eigenvalue weighted by Gasteiger charge is -2.20. The van der Waals surface area contributed by atoms with Crippen LogP contribution in [-0.2, 0) is 0 Å². The van der Waals surface area contributed by atoms with E-state index in [0.29, 0.717) is 49.3 Å². The van der Waals surface area contributed by atoms with Crippen LogP contribution in [0.25, 0.3) is 0 Å². The molecule has 3 N–H and O–H groups in total. The van der Waals surface area contributed by atoms with E-state index in [2.05, 4.69) is 5.32 Å². The molecule has 0 saturated heterocycles. The van der Waals surface area contributed by atoms with Crippen LogP contribution in [0.15, 0.2) is 48.5 Å². The molecule has 2 unspecified atom stereocenters. The summed E-state index contributed by atoms with van der Waals surface area (Å²) in [6.07, 6.45) is 3.16. The Hall–Kier alpha value is -2.44. The molecule has 0 aliphatic heterocycles. The van der Waals surface area contributed by atoms with Gasteiger partial charge in [-0.15, -0.1) is 12.4 Å². The average Bonchev–Trinajstić information content (AvgIpc) is 3.20. The summed E-state index contributed by atoms with van der Waals surface area (Å²) in [5.74, 6) is 2.21. The van der Waals surface area contributed by atoms with E-state index in [4.69, 9.17) is 19.9 Å². The predicted molar refractivity (Wildman–Crippen MR) is 120 cm³/mol. The van der Waals surface area contributed by atoms with Gasteiger partial charge in [-0.1, -0.05) is 24.6 Å². The van der Waals surface area contributed by atoms with Crippen LogP contribution in [0, 0.1) is 5.92 Å². The molecule has 2 aromatic carbocycles. The van der Waals surface area contributed by atoms with Gasteiger partial charge in [-0.25, -0.2) is 0 Å². The maximum Gasteiger partial charge on any atom is 0.251 e. The minimum Gasteiger partial charge on any atom is -0.490 e. The van der Waals surface area contributed by atoms with Crippen LogP contribution in [0.1, 0.15) is 36.5 Å². The van der Waals surface area contributed by atoms with Crippen molar-refractivity contribution < 1.29 is 19.0 Å². The van der Waals surface area contributed by atoms with Crippen LogP contribution in [-0.4, -0.2) is 38.3 Å². The average molecular weight is 435 g/mol. The number of para-hydroxylation sites is 1. The van der Waals surface area contributed by atoms with E-state index in [0.717, 1.165) is 25.0 Å². The summed E-state index contributed by atoms with van der Waals surface area (Å²) in [7, 11) is 0. The Kier molecular flexibility index (Phi) is 9.77. The Morgan fingerprint density at radius 2 is 1.80 bits per heavy atom. The van der Waals surface area contributed by atoms with Crippen LogP contribution >= 0.6 is 12.4 Å². The summed E-state index contributed by atoms with van der Waals surface area (Å²) in [5.41, 5.74) is 6.38. The van der Waals surface area contributed by atoms with E-state index in [1.807, 2.05) is 37.3 Å². The third-order valence-electron chi connectivity index (χ3n) is 5.14. The summed E-state index contributed by atoms with van der Waals surface area (Å²) < 4.78 is 17.1. The van der Waals surface area contributed by atoms with Crippen molar-refractivity contribution in [3.63, 3.8) is 0 Å². The number of benzene rings is 2. The maximum absolute atomic E-state index is 12.7. The number of nitrogens with one attached hydrogen (secondary N) is 1. The Morgan fingerprint density at radius 1 is 1.03 bits per heavy atom. The minimum absolute atomic E-state index is 0. The van der Waals surface area contributed by atoms with Crippen molar-refractivity contribution in [2.75, 3.05) is 26.4 Å². The molecule has 1 aliphatic carbocycles. The zero-order valence-corrected chi connectivity index (χ0v) is 18.2. The summed E-state index contributed by atoms with van der Waals surface area (Å²) in [5, 5.41) is 3.12. The first kappa shape index (κ1) is 23.8. The van der Waals surface area contributed by atoms with Crippen molar-refractivity contribution in [3.8, 4) is 17.2 Å². The van der Waals surface area contributed by atoms with Gasteiger partial charge in [-0.2, -0.15) is 0 Å². The van der Waals surface area contributed by atoms with Crippen molar-refractivity contribution in [1.82, 2.24) is 5.32 Å². The summed E-state index contributed by atoms with van der Waals surface area (Å²) >= 11 is 0. The van der Waals surface area contributed by atoms with Gasteiger partial charge in [0.25, 0.3) is 5.91 Å². The summed E-state index contributed by atoms with van der Waals surface area (Å²) in [6.45, 7) is 3.78. The van der Waals surface area contributed by atoms with E-state index in [-0.39, 0.29) is 24.4 Å². The number of ether oxygens (including phenoxy) is 3. The Bertz CT molecular complexity index is 788. The molecular formula is C23H31ClN2O4. The molecule has 0 spiro atoms. The van der Waals surface area contributed by atoms with Crippen LogP contribution in [0.3, 0.4) is 0 Å². The van der Waals surface area contributed by atoms with E-state index >= 15 is 0 Å². The summed E-state index contributed by atoms with van der Waals surface area (Å²) in [4.78, 5) is 12.7. The highest BCUT2D eigenvalue weighted by molar-refractivity contribution is 5.95. The quantitative estimate of drug-likeness (QED) is 0.555. The number of carbonyl (C=O) groups is 1. The van der Waals surface area contributed by atoms with Crippen molar-refractivity contribution in [3.05, 3.63) is 54.1 Å². The monoisotopic (exact) mass is 434 g/mol. The van der Waals surface area contributed by atoms with Crippen molar-refractivity contribution in [1.29, 1.82) is 0 Å². The fourth-order valence-corrected chi connectivity index (χ4v) is 3.63. The number of halogens is 1. The lowest BCUT2D eigenvalue weighted by atomic mass is 10.0. The largest absolute Gasteiger partial charge is 0.490 e. The number of carbonyl (C=O) groups excluding carboxylic acids is 1. The Balaban J connectivity index is 0.00000320. The standard InChI is InChI=1S/C23H30N2O4.ClH/c1-2-27-22-15-17(23(26)25-20-10-6-7-18(20)16-24)11-12-21(22)29-14-13-28-19-8-4-3-5-9-19;/h3-5,8-9,11-12,15,18,20H,2,6-7,10,13-14,16,24H2,1H3,(H,25,26);1H. The van der Waals surface area contributed by atoms with Crippen LogP contribution < -0.4 is 25.3 Å². The summed E-state index contributed by atoms with van der Waals surface area (Å²) in [6, 6.07) is 15.0. The number of rotatable bonds is 10. The molecule has 7 heteroatoms. The first-order valence-corrected chi connectivity index (χ1v) is 10.3. The van der Waals surface area contributed by atoms with Gasteiger partial charge in [-0.3, -0.25) is 4.79 Å². The molecule has 0 heterocycles. The zero-order valence-electron chi connectivity index (χ0n) is 17.3. The zero-order chi connectivity index (χ0) is 20.5. The molecule has 0 bridgehead atoms. The first-order chi connectivity index (χ1) is 14.2. The second-order valence-corrected chi connectivity index (χ2v) is 7.11. The van der Waals surface area contributed by atoms with Crippen LogP contribution in [0.4, 0.5) is 0 Å². The van der Waals surface area contributed by atoms with Crippen LogP contribution in [0.5, 0.6) is 17.2 Å². The highest BCUT2D eigenvalue weighted by Gasteiger charge is 2.27. The maximum atomic E-state index is 12.7. The van der Waals surface area contributed by atoms with Crippen LogP contribution in [0.2, 0.25) is 0 Å². The van der Waals surface area contributed by atoms with Gasteiger partial charge in [-0.05, 0) is 62.6 Å². The predicted octanol–water partition coefficient (Wildman–Crippen LogP) is 3.82. The van der Waals surface area contributed by atoms with Gasteiger partial charge in [0.05, 0.1) is 6.61 Å². The number of amides is 1. The SMILES string of the molecule is CCOc1cc(C(=O)NC2CCCC2CN)ccc1OCCOc1ccccc1.Cl. The second kappa shape index (κ2) is 12.3. The number of nitrogens with two attached hydrogens (primary N) is 1. The molecule has 1 fully saturated rings. The fourth-order valence-electron chi connectivity index (χ4n) is 3.63. The normalized spacial score (nSPS) is 17.7. The number of hydrogen-bond donors (Lipinski definition) is 2. The molecule has 0 radical (unpaired) electrons. The Morgan fingerprint density at radius 3 is 2.53 bits per heavy atom. The highest BCUT2D eigenvalue weighted by Crippen LogP contribution is 2.29. The van der Waals surface area contributed by atoms with Gasteiger partial charge in [0, 0.05) is 11.6 Å². The number of hydrogen-bond acceptors (Lipinski definition) is 5. The van der Waals surface area contributed by atoms with Crippen molar-refractivity contribution in [2.45, 2.75) is 32.2 Å². The molecule has 1 amide bonds. The third kappa shape index (κ3) is 6.54. The molecule has 0 aromatic heterocycles. The second-order valence-electron chi connectivity index (χ2n) is 7.11. The van der Waals surface area contributed by atoms with E-state index < -0.39 is 0 Å². The van der Waals surface area contributed by atoms with Crippen molar-refractivity contribution in [2.24, 2.45) is 11.7 Å². The van der Waals surface area contributed by atoms with Gasteiger partial charge >= 0.3 is 0 Å². The minimum atomic E-state index is -0.102. The first-order valence-electron chi connectivity index (χ1n) is 10.3. The molecule has 3 rings (SSSR count). The molecular weight excluding hydrogens is 404 g/mol. The third-order valence-corrected chi connectivity index (χ3v) is 5.14. The van der Waals surface area contributed by atoms with Gasteiger partial charge < -0.3 is 25.3 Å². The molecule has 164 valence electrons. The lowest BCUT2D eigenvalue weighted by molar-refractivity contribution is 0.0928. The smallest absolute Gasteiger partial charge is 0.251 e. The Labute approximate surface area is 184 Å². The molecule has 1 saturated carbocycles. The van der Waals surface area contributed by atoms with Crippen molar-refractivity contribution >= 4 is 18.3 Å². The van der Waals surface area contributed by atoms with E-state index in [9.17, 15) is 4.79 Å². The molecule has 2 atom stereocenters. The molecule has 6 nitrogen and oxygen atoms in total. The molecule has 2 aromatic rings.